The van der Waals surface area contributed by atoms with Crippen LogP contribution in [0.3, 0.4) is 0 Å². The van der Waals surface area contributed by atoms with Crippen molar-refractivity contribution >= 4 is 17.8 Å². The second kappa shape index (κ2) is 7.63. The van der Waals surface area contributed by atoms with Crippen LogP contribution in [0.5, 0.6) is 0 Å². The Bertz CT molecular complexity index is 914. The van der Waals surface area contributed by atoms with E-state index in [1.165, 1.54) is 20.9 Å². The molecule has 0 N–H and O–H groups in total. The minimum absolute atomic E-state index is 0.0689. The molecule has 0 spiro atoms. The molecule has 3 aliphatic rings. The minimum atomic E-state index is -0.436. The van der Waals surface area contributed by atoms with Crippen LogP contribution in [0.25, 0.3) is 0 Å². The van der Waals surface area contributed by atoms with E-state index in [0.29, 0.717) is 13.1 Å². The molecule has 2 aliphatic carbocycles. The summed E-state index contributed by atoms with van der Waals surface area (Å²) in [6.07, 6.45) is 5.62. The summed E-state index contributed by atoms with van der Waals surface area (Å²) in [6.45, 7) is 0.750. The molecule has 0 aromatic heterocycles. The maximum absolute atomic E-state index is 13.1. The second-order valence-electron chi connectivity index (χ2n) is 9.34. The molecule has 0 radical (unpaired) electrons. The summed E-state index contributed by atoms with van der Waals surface area (Å²) in [5.41, 5.74) is 2.69. The average Bonchev–Trinajstić information content (AvgIpc) is 3.71. The Kier molecular flexibility index (Phi) is 4.92. The molecule has 0 bridgehead atoms. The number of barbiturate groups is 1. The summed E-state index contributed by atoms with van der Waals surface area (Å²) in [6, 6.07) is 20.2. The highest BCUT2D eigenvalue weighted by Crippen LogP contribution is 2.52. The molecular weight excluding hydrogens is 388 g/mol. The molecule has 1 saturated heterocycles. The SMILES string of the molecule is O=C1CC(=O)N(CCC2(c3ccccc3)CC2)C(=O)N1CCC1(c2ccccc2)CC1. The lowest BCUT2D eigenvalue weighted by Crippen LogP contribution is -2.55. The number of hydrogen-bond acceptors (Lipinski definition) is 3. The fraction of sp³-hybridized carbons (Fsp3) is 0.423. The van der Waals surface area contributed by atoms with E-state index in [1.54, 1.807) is 0 Å². The van der Waals surface area contributed by atoms with Gasteiger partial charge in [0.05, 0.1) is 0 Å². The Labute approximate surface area is 183 Å². The molecular formula is C26H28N2O3. The second-order valence-corrected chi connectivity index (χ2v) is 9.34. The summed E-state index contributed by atoms with van der Waals surface area (Å²) >= 11 is 0. The van der Waals surface area contributed by atoms with Gasteiger partial charge in [-0.1, -0.05) is 60.7 Å². The summed E-state index contributed by atoms with van der Waals surface area (Å²) in [5, 5.41) is 0. The number of carbonyl (C=O) groups excluding carboxylic acids is 3. The molecule has 0 unspecified atom stereocenters. The maximum Gasteiger partial charge on any atom is 0.333 e. The molecule has 2 saturated carbocycles. The fourth-order valence-corrected chi connectivity index (χ4v) is 5.02. The molecule has 0 atom stereocenters. The Hall–Kier alpha value is -2.95. The van der Waals surface area contributed by atoms with Crippen LogP contribution in [0.1, 0.15) is 56.1 Å². The van der Waals surface area contributed by atoms with Gasteiger partial charge in [-0.05, 0) is 60.5 Å². The number of rotatable bonds is 8. The predicted octanol–water partition coefficient (Wildman–Crippen LogP) is 4.41. The monoisotopic (exact) mass is 416 g/mol. The Morgan fingerprint density at radius 3 is 1.35 bits per heavy atom. The van der Waals surface area contributed by atoms with Gasteiger partial charge < -0.3 is 0 Å². The van der Waals surface area contributed by atoms with Crippen molar-refractivity contribution in [2.24, 2.45) is 0 Å². The number of nitrogens with zero attached hydrogens (tertiary/aromatic N) is 2. The first-order valence-electron chi connectivity index (χ1n) is 11.3. The standard InChI is InChI=1S/C26H28N2O3/c29-22-19-23(30)28(18-16-26(13-14-26)21-9-5-2-6-10-21)24(31)27(22)17-15-25(11-12-25)20-7-3-1-4-8-20/h1-10H,11-19H2. The minimum Gasteiger partial charge on any atom is -0.274 e. The van der Waals surface area contributed by atoms with E-state index in [0.717, 1.165) is 38.5 Å². The van der Waals surface area contributed by atoms with E-state index in [1.807, 2.05) is 36.4 Å². The highest BCUT2D eigenvalue weighted by atomic mass is 16.2. The number of carbonyl (C=O) groups is 3. The van der Waals surface area contributed by atoms with Crippen molar-refractivity contribution in [3.8, 4) is 0 Å². The summed E-state index contributed by atoms with van der Waals surface area (Å²) in [5.74, 6) is -0.724. The van der Waals surface area contributed by atoms with Gasteiger partial charge in [0.1, 0.15) is 6.42 Å². The van der Waals surface area contributed by atoms with Gasteiger partial charge in [0, 0.05) is 13.1 Å². The number of hydrogen-bond donors (Lipinski definition) is 0. The molecule has 3 fully saturated rings. The van der Waals surface area contributed by atoms with Gasteiger partial charge in [-0.2, -0.15) is 0 Å². The lowest BCUT2D eigenvalue weighted by atomic mass is 9.91. The lowest BCUT2D eigenvalue weighted by Gasteiger charge is -2.34. The van der Waals surface area contributed by atoms with E-state index in [-0.39, 0.29) is 29.1 Å². The van der Waals surface area contributed by atoms with Crippen molar-refractivity contribution in [3.63, 3.8) is 0 Å². The molecule has 1 heterocycles. The van der Waals surface area contributed by atoms with Crippen LogP contribution in [0.4, 0.5) is 4.79 Å². The van der Waals surface area contributed by atoms with Gasteiger partial charge in [0.15, 0.2) is 0 Å². The normalized spacial score (nSPS) is 21.4. The van der Waals surface area contributed by atoms with Crippen LogP contribution in [0, 0.1) is 0 Å². The topological polar surface area (TPSA) is 57.7 Å². The summed E-state index contributed by atoms with van der Waals surface area (Å²) in [4.78, 5) is 40.8. The highest BCUT2D eigenvalue weighted by Gasteiger charge is 2.48. The van der Waals surface area contributed by atoms with E-state index in [4.69, 9.17) is 0 Å². The number of benzene rings is 2. The molecule has 5 heteroatoms. The van der Waals surface area contributed by atoms with Crippen LogP contribution in [-0.4, -0.2) is 40.7 Å². The van der Waals surface area contributed by atoms with Crippen LogP contribution in [0.2, 0.25) is 0 Å². The quantitative estimate of drug-likeness (QED) is 0.599. The van der Waals surface area contributed by atoms with Gasteiger partial charge in [0.25, 0.3) is 0 Å². The largest absolute Gasteiger partial charge is 0.333 e. The van der Waals surface area contributed by atoms with Gasteiger partial charge >= 0.3 is 6.03 Å². The van der Waals surface area contributed by atoms with Crippen molar-refractivity contribution in [1.29, 1.82) is 0 Å². The Morgan fingerprint density at radius 1 is 0.613 bits per heavy atom. The number of urea groups is 1. The third-order valence-corrected chi connectivity index (χ3v) is 7.47. The first-order chi connectivity index (χ1) is 15.0. The van der Waals surface area contributed by atoms with Crippen molar-refractivity contribution in [3.05, 3.63) is 71.8 Å². The average molecular weight is 417 g/mol. The fourth-order valence-electron chi connectivity index (χ4n) is 5.02. The van der Waals surface area contributed by atoms with Crippen molar-refractivity contribution < 1.29 is 14.4 Å². The van der Waals surface area contributed by atoms with E-state index in [9.17, 15) is 14.4 Å². The van der Waals surface area contributed by atoms with E-state index >= 15 is 0 Å². The Balaban J connectivity index is 1.24. The molecule has 31 heavy (non-hydrogen) atoms. The number of amides is 4. The zero-order valence-electron chi connectivity index (χ0n) is 17.8. The van der Waals surface area contributed by atoms with Crippen molar-refractivity contribution in [1.82, 2.24) is 9.80 Å². The highest BCUT2D eigenvalue weighted by molar-refractivity contribution is 6.14. The predicted molar refractivity (Wildman–Crippen MR) is 117 cm³/mol. The third kappa shape index (κ3) is 3.78. The maximum atomic E-state index is 13.1. The lowest BCUT2D eigenvalue weighted by molar-refractivity contribution is -0.142. The summed E-state index contributed by atoms with van der Waals surface area (Å²) < 4.78 is 0. The molecule has 160 valence electrons. The smallest absolute Gasteiger partial charge is 0.274 e. The van der Waals surface area contributed by atoms with Crippen LogP contribution < -0.4 is 0 Å². The van der Waals surface area contributed by atoms with Gasteiger partial charge in [-0.15, -0.1) is 0 Å². The zero-order valence-corrected chi connectivity index (χ0v) is 17.8. The number of imide groups is 2. The molecule has 1 aliphatic heterocycles. The molecule has 2 aromatic carbocycles. The van der Waals surface area contributed by atoms with E-state index in [2.05, 4.69) is 24.3 Å². The Morgan fingerprint density at radius 2 is 1.00 bits per heavy atom. The third-order valence-electron chi connectivity index (χ3n) is 7.47. The van der Waals surface area contributed by atoms with Crippen LogP contribution in [-0.2, 0) is 20.4 Å². The van der Waals surface area contributed by atoms with Gasteiger partial charge in [0.2, 0.25) is 11.8 Å². The van der Waals surface area contributed by atoms with Crippen LogP contribution in [0.15, 0.2) is 60.7 Å². The molecule has 2 aromatic rings. The first kappa shape index (κ1) is 20.0. The summed E-state index contributed by atoms with van der Waals surface area (Å²) in [7, 11) is 0. The molecule has 5 rings (SSSR count). The zero-order chi connectivity index (χ0) is 21.5. The van der Waals surface area contributed by atoms with Crippen LogP contribution >= 0.6 is 0 Å². The molecule has 4 amide bonds. The first-order valence-corrected chi connectivity index (χ1v) is 11.3. The van der Waals surface area contributed by atoms with Crippen molar-refractivity contribution in [2.75, 3.05) is 13.1 Å². The van der Waals surface area contributed by atoms with Gasteiger partial charge in [-0.3, -0.25) is 19.4 Å². The van der Waals surface area contributed by atoms with E-state index < -0.39 is 6.03 Å². The van der Waals surface area contributed by atoms with Crippen molar-refractivity contribution in [2.45, 2.75) is 55.8 Å². The molecule has 5 nitrogen and oxygen atoms in total. The van der Waals surface area contributed by atoms with Gasteiger partial charge in [-0.25, -0.2) is 4.79 Å².